The minimum absolute atomic E-state index is 0.144. The first-order valence-electron chi connectivity index (χ1n) is 11.9. The van der Waals surface area contributed by atoms with Gasteiger partial charge in [0.05, 0.1) is 11.6 Å². The summed E-state index contributed by atoms with van der Waals surface area (Å²) < 4.78 is 12.0. The highest BCUT2D eigenvalue weighted by atomic mass is 79.9. The van der Waals surface area contributed by atoms with Gasteiger partial charge in [0.2, 0.25) is 5.91 Å². The van der Waals surface area contributed by atoms with E-state index >= 15 is 0 Å². The summed E-state index contributed by atoms with van der Waals surface area (Å²) in [5.74, 6) is 1.30. The lowest BCUT2D eigenvalue weighted by Crippen LogP contribution is -2.50. The molecule has 6 nitrogen and oxygen atoms in total. The number of rotatable bonds is 13. The summed E-state index contributed by atoms with van der Waals surface area (Å²) >= 11 is 3.55. The van der Waals surface area contributed by atoms with Crippen LogP contribution in [-0.2, 0) is 16.1 Å². The first kappa shape index (κ1) is 27.7. The van der Waals surface area contributed by atoms with Crippen molar-refractivity contribution < 1.29 is 19.1 Å². The minimum Gasteiger partial charge on any atom is -0.497 e. The zero-order valence-electron chi connectivity index (χ0n) is 20.9. The van der Waals surface area contributed by atoms with Gasteiger partial charge >= 0.3 is 0 Å². The molecule has 0 aromatic heterocycles. The summed E-state index contributed by atoms with van der Waals surface area (Å²) in [5.41, 5.74) is 2.06. The molecule has 2 rings (SSSR count). The molecular formula is C27H37BrN2O4. The fourth-order valence-corrected chi connectivity index (χ4v) is 4.12. The average molecular weight is 534 g/mol. The molecule has 0 aliphatic heterocycles. The Kier molecular flexibility index (Phi) is 11.4. The van der Waals surface area contributed by atoms with Crippen LogP contribution in [-0.4, -0.2) is 43.0 Å². The molecule has 0 heterocycles. The Morgan fingerprint density at radius 1 is 1.12 bits per heavy atom. The Hall–Kier alpha value is -2.54. The number of carbonyl (C=O) groups excluding carboxylic acids is 2. The summed E-state index contributed by atoms with van der Waals surface area (Å²) in [6.07, 6.45) is 2.39. The van der Waals surface area contributed by atoms with E-state index in [4.69, 9.17) is 9.47 Å². The highest BCUT2D eigenvalue weighted by Crippen LogP contribution is 2.29. The summed E-state index contributed by atoms with van der Waals surface area (Å²) in [4.78, 5) is 27.9. The molecule has 0 saturated carbocycles. The predicted molar refractivity (Wildman–Crippen MR) is 139 cm³/mol. The van der Waals surface area contributed by atoms with Crippen molar-refractivity contribution in [3.63, 3.8) is 0 Å². The molecular weight excluding hydrogens is 496 g/mol. The van der Waals surface area contributed by atoms with Gasteiger partial charge in [0.25, 0.3) is 5.91 Å². The van der Waals surface area contributed by atoms with Crippen LogP contribution in [0.15, 0.2) is 46.9 Å². The number of ether oxygens (including phenoxy) is 2. The first-order valence-corrected chi connectivity index (χ1v) is 12.7. The quantitative estimate of drug-likeness (QED) is 0.337. The van der Waals surface area contributed by atoms with Crippen molar-refractivity contribution in [3.05, 3.63) is 58.1 Å². The Bertz CT molecular complexity index is 948. The van der Waals surface area contributed by atoms with Gasteiger partial charge < -0.3 is 19.7 Å². The molecule has 0 unspecified atom stereocenters. The van der Waals surface area contributed by atoms with Crippen LogP contribution in [0.1, 0.15) is 64.0 Å². The second kappa shape index (κ2) is 14.0. The molecule has 0 bridgehead atoms. The lowest BCUT2D eigenvalue weighted by Gasteiger charge is -2.30. The van der Waals surface area contributed by atoms with Crippen LogP contribution in [0.3, 0.4) is 0 Å². The molecule has 0 saturated heterocycles. The van der Waals surface area contributed by atoms with Gasteiger partial charge in [-0.05, 0) is 70.1 Å². The molecule has 2 amide bonds. The van der Waals surface area contributed by atoms with Crippen molar-refractivity contribution in [2.75, 3.05) is 20.3 Å². The van der Waals surface area contributed by atoms with Crippen LogP contribution in [0.4, 0.5) is 0 Å². The van der Waals surface area contributed by atoms with E-state index in [1.165, 1.54) is 5.56 Å². The number of nitrogens with zero attached hydrogens (tertiary/aromatic N) is 1. The Balaban J connectivity index is 2.22. The van der Waals surface area contributed by atoms with Crippen LogP contribution in [0.5, 0.6) is 11.5 Å². The van der Waals surface area contributed by atoms with E-state index < -0.39 is 6.04 Å². The number of carbonyl (C=O) groups is 2. The van der Waals surface area contributed by atoms with Gasteiger partial charge in [-0.1, -0.05) is 52.3 Å². The number of methoxy groups -OCH3 is 1. The van der Waals surface area contributed by atoms with E-state index in [-0.39, 0.29) is 25.0 Å². The molecule has 2 aromatic carbocycles. The predicted octanol–water partition coefficient (Wildman–Crippen LogP) is 5.68. The van der Waals surface area contributed by atoms with E-state index in [0.29, 0.717) is 30.4 Å². The topological polar surface area (TPSA) is 67.9 Å². The van der Waals surface area contributed by atoms with Crippen molar-refractivity contribution in [1.29, 1.82) is 0 Å². The maximum absolute atomic E-state index is 13.4. The van der Waals surface area contributed by atoms with Crippen molar-refractivity contribution in [3.8, 4) is 11.5 Å². The van der Waals surface area contributed by atoms with E-state index in [9.17, 15) is 9.59 Å². The van der Waals surface area contributed by atoms with Gasteiger partial charge in [0.1, 0.15) is 17.5 Å². The van der Waals surface area contributed by atoms with Crippen molar-refractivity contribution in [2.24, 2.45) is 0 Å². The normalized spacial score (nSPS) is 11.7. The zero-order chi connectivity index (χ0) is 25.1. The number of hydrogen-bond acceptors (Lipinski definition) is 4. The van der Waals surface area contributed by atoms with E-state index in [1.54, 1.807) is 12.0 Å². The molecule has 0 fully saturated rings. The second-order valence-electron chi connectivity index (χ2n) is 8.58. The van der Waals surface area contributed by atoms with Gasteiger partial charge in [-0.25, -0.2) is 0 Å². The van der Waals surface area contributed by atoms with Crippen LogP contribution >= 0.6 is 15.9 Å². The number of unbranched alkanes of at least 4 members (excludes halogenated alkanes) is 1. The van der Waals surface area contributed by atoms with Crippen LogP contribution < -0.4 is 14.8 Å². The van der Waals surface area contributed by atoms with Crippen LogP contribution in [0, 0.1) is 0 Å². The number of hydrogen-bond donors (Lipinski definition) is 1. The molecule has 0 aliphatic rings. The summed E-state index contributed by atoms with van der Waals surface area (Å²) in [6.45, 7) is 8.95. The fourth-order valence-electron chi connectivity index (χ4n) is 3.61. The third kappa shape index (κ3) is 8.05. The van der Waals surface area contributed by atoms with Gasteiger partial charge in [-0.3, -0.25) is 9.59 Å². The van der Waals surface area contributed by atoms with Gasteiger partial charge in [0, 0.05) is 13.1 Å². The lowest BCUT2D eigenvalue weighted by molar-refractivity contribution is -0.143. The maximum Gasteiger partial charge on any atom is 0.261 e. The second-order valence-corrected chi connectivity index (χ2v) is 9.43. The van der Waals surface area contributed by atoms with E-state index in [1.807, 2.05) is 49.4 Å². The van der Waals surface area contributed by atoms with E-state index in [2.05, 4.69) is 42.0 Å². The number of nitrogens with one attached hydrogen (secondary N) is 1. The molecule has 0 radical (unpaired) electrons. The van der Waals surface area contributed by atoms with Crippen molar-refractivity contribution in [2.45, 2.75) is 65.5 Å². The molecule has 186 valence electrons. The standard InChI is InChI=1S/C27H37BrN2O4/c1-6-8-14-29-27(32)24(7-2)30(17-20-10-9-11-22(15-20)33-5)26(31)18-34-25-13-12-21(19(3)4)16-23(25)28/h9-13,15-16,19,24H,6-8,14,17-18H2,1-5H3,(H,29,32)/t24-/m1/s1. The Morgan fingerprint density at radius 2 is 1.88 bits per heavy atom. The molecule has 1 atom stereocenters. The molecule has 34 heavy (non-hydrogen) atoms. The third-order valence-corrected chi connectivity index (χ3v) is 6.30. The van der Waals surface area contributed by atoms with Crippen LogP contribution in [0.25, 0.3) is 0 Å². The number of benzene rings is 2. The lowest BCUT2D eigenvalue weighted by atomic mass is 10.0. The number of amides is 2. The summed E-state index contributed by atoms with van der Waals surface area (Å²) in [5, 5.41) is 2.97. The highest BCUT2D eigenvalue weighted by Gasteiger charge is 2.29. The maximum atomic E-state index is 13.4. The molecule has 0 aliphatic carbocycles. The van der Waals surface area contributed by atoms with Gasteiger partial charge in [-0.2, -0.15) is 0 Å². The largest absolute Gasteiger partial charge is 0.497 e. The van der Waals surface area contributed by atoms with Crippen molar-refractivity contribution in [1.82, 2.24) is 10.2 Å². The highest BCUT2D eigenvalue weighted by molar-refractivity contribution is 9.10. The SMILES string of the molecule is CCCCNC(=O)[C@@H](CC)N(Cc1cccc(OC)c1)C(=O)COc1ccc(C(C)C)cc1Br. The smallest absolute Gasteiger partial charge is 0.261 e. The van der Waals surface area contributed by atoms with Gasteiger partial charge in [-0.15, -0.1) is 0 Å². The van der Waals surface area contributed by atoms with Gasteiger partial charge in [0.15, 0.2) is 6.61 Å². The van der Waals surface area contributed by atoms with Crippen LogP contribution in [0.2, 0.25) is 0 Å². The first-order chi connectivity index (χ1) is 16.3. The monoisotopic (exact) mass is 532 g/mol. The molecule has 2 aromatic rings. The summed E-state index contributed by atoms with van der Waals surface area (Å²) in [7, 11) is 1.61. The molecule has 7 heteroatoms. The van der Waals surface area contributed by atoms with Crippen molar-refractivity contribution >= 4 is 27.7 Å². The third-order valence-electron chi connectivity index (χ3n) is 5.68. The average Bonchev–Trinajstić information content (AvgIpc) is 2.83. The summed E-state index contributed by atoms with van der Waals surface area (Å²) in [6, 6.07) is 12.8. The fraction of sp³-hybridized carbons (Fsp3) is 0.481. The minimum atomic E-state index is -0.592. The molecule has 1 N–H and O–H groups in total. The van der Waals surface area contributed by atoms with E-state index in [0.717, 1.165) is 22.9 Å². The Labute approximate surface area is 212 Å². The number of halogens is 1. The molecule has 0 spiro atoms. The zero-order valence-corrected chi connectivity index (χ0v) is 22.5. The Morgan fingerprint density at radius 3 is 2.50 bits per heavy atom.